The molecule has 0 saturated heterocycles. The van der Waals surface area contributed by atoms with Gasteiger partial charge in [-0.25, -0.2) is 0 Å². The number of pyridine rings is 1. The van der Waals surface area contributed by atoms with Crippen molar-refractivity contribution in [2.75, 3.05) is 7.05 Å². The number of rotatable bonds is 4. The van der Waals surface area contributed by atoms with Gasteiger partial charge in [0.2, 0.25) is 0 Å². The van der Waals surface area contributed by atoms with Gasteiger partial charge < -0.3 is 5.32 Å². The maximum Gasteiger partial charge on any atom is 0.0701 e. The summed E-state index contributed by atoms with van der Waals surface area (Å²) >= 11 is 5.30. The summed E-state index contributed by atoms with van der Waals surface area (Å²) in [4.78, 5) is 5.92. The second kappa shape index (κ2) is 5.95. The monoisotopic (exact) mass is 324 g/mol. The third-order valence-electron chi connectivity index (χ3n) is 3.02. The zero-order chi connectivity index (χ0) is 13.1. The average Bonchev–Trinajstić information content (AvgIpc) is 2.72. The van der Waals surface area contributed by atoms with Crippen LogP contribution in [0, 0.1) is 13.8 Å². The van der Waals surface area contributed by atoms with Crippen LogP contribution in [0.1, 0.15) is 27.9 Å². The van der Waals surface area contributed by atoms with Gasteiger partial charge in [0.25, 0.3) is 0 Å². The lowest BCUT2D eigenvalue weighted by molar-refractivity contribution is 0.590. The summed E-state index contributed by atoms with van der Waals surface area (Å²) in [5, 5.41) is 3.39. The first-order valence-corrected chi connectivity index (χ1v) is 7.56. The van der Waals surface area contributed by atoms with E-state index in [1.807, 2.05) is 14.0 Å². The molecule has 0 fully saturated rings. The minimum absolute atomic E-state index is 0.323. The maximum atomic E-state index is 4.54. The second-order valence-corrected chi connectivity index (χ2v) is 6.93. The predicted molar refractivity (Wildman–Crippen MR) is 81.2 cm³/mol. The summed E-state index contributed by atoms with van der Waals surface area (Å²) < 4.78 is 1.19. The highest BCUT2D eigenvalue weighted by molar-refractivity contribution is 9.11. The van der Waals surface area contributed by atoms with Crippen molar-refractivity contribution >= 4 is 27.3 Å². The van der Waals surface area contributed by atoms with E-state index in [9.17, 15) is 0 Å². The number of aromatic nitrogens is 1. The molecule has 2 aromatic rings. The smallest absolute Gasteiger partial charge is 0.0701 e. The zero-order valence-electron chi connectivity index (χ0n) is 10.8. The van der Waals surface area contributed by atoms with Crippen molar-refractivity contribution in [1.82, 2.24) is 10.3 Å². The predicted octanol–water partition coefficient (Wildman–Crippen LogP) is 4.03. The van der Waals surface area contributed by atoms with E-state index in [0.29, 0.717) is 6.04 Å². The number of aryl methyl sites for hydroxylation is 2. The quantitative estimate of drug-likeness (QED) is 0.918. The van der Waals surface area contributed by atoms with Crippen LogP contribution >= 0.6 is 27.3 Å². The number of halogens is 1. The van der Waals surface area contributed by atoms with Crippen molar-refractivity contribution in [2.24, 2.45) is 0 Å². The highest BCUT2D eigenvalue weighted by Crippen LogP contribution is 2.27. The largest absolute Gasteiger partial charge is 0.313 e. The van der Waals surface area contributed by atoms with Gasteiger partial charge >= 0.3 is 0 Å². The van der Waals surface area contributed by atoms with E-state index in [1.54, 1.807) is 11.3 Å². The molecule has 0 amide bonds. The number of thiophene rings is 1. The molecule has 0 aliphatic carbocycles. The summed E-state index contributed by atoms with van der Waals surface area (Å²) in [6, 6.07) is 8.87. The lowest BCUT2D eigenvalue weighted by Crippen LogP contribution is -2.20. The molecule has 0 aliphatic rings. The van der Waals surface area contributed by atoms with Crippen LogP contribution in [0.3, 0.4) is 0 Å². The van der Waals surface area contributed by atoms with Crippen molar-refractivity contribution in [3.8, 4) is 0 Å². The fourth-order valence-electron chi connectivity index (χ4n) is 2.10. The van der Waals surface area contributed by atoms with Crippen LogP contribution in [0.15, 0.2) is 28.1 Å². The zero-order valence-corrected chi connectivity index (χ0v) is 13.2. The Labute approximate surface area is 121 Å². The van der Waals surface area contributed by atoms with Gasteiger partial charge in [-0.05, 0) is 60.6 Å². The topological polar surface area (TPSA) is 24.9 Å². The number of likely N-dealkylation sites (N-methyl/N-ethyl adjacent to an activating group) is 1. The van der Waals surface area contributed by atoms with Crippen LogP contribution in [0.2, 0.25) is 0 Å². The molecule has 0 aliphatic heterocycles. The van der Waals surface area contributed by atoms with Crippen molar-refractivity contribution in [3.05, 3.63) is 49.9 Å². The SMILES string of the molecule is CNC(Cc1ccc(Br)s1)c1ccc(C)nc1C. The van der Waals surface area contributed by atoms with Gasteiger partial charge in [-0.15, -0.1) is 11.3 Å². The Morgan fingerprint density at radius 3 is 2.61 bits per heavy atom. The lowest BCUT2D eigenvalue weighted by Gasteiger charge is -2.18. The summed E-state index contributed by atoms with van der Waals surface area (Å²) in [6.07, 6.45) is 0.998. The van der Waals surface area contributed by atoms with E-state index in [2.05, 4.69) is 57.4 Å². The Morgan fingerprint density at radius 2 is 2.06 bits per heavy atom. The standard InChI is InChI=1S/C14H17BrN2S/c1-9-4-6-12(10(2)17-9)13(16-3)8-11-5-7-14(15)18-11/h4-7,13,16H,8H2,1-3H3. The molecule has 2 heterocycles. The van der Waals surface area contributed by atoms with Crippen LogP contribution in [0.5, 0.6) is 0 Å². The Balaban J connectivity index is 2.22. The molecule has 2 rings (SSSR count). The third-order valence-corrected chi connectivity index (χ3v) is 4.67. The van der Waals surface area contributed by atoms with E-state index >= 15 is 0 Å². The van der Waals surface area contributed by atoms with Crippen molar-refractivity contribution in [1.29, 1.82) is 0 Å². The molecule has 0 aromatic carbocycles. The molecule has 1 unspecified atom stereocenters. The summed E-state index contributed by atoms with van der Waals surface area (Å²) in [6.45, 7) is 4.11. The second-order valence-electron chi connectivity index (χ2n) is 4.38. The molecule has 0 spiro atoms. The van der Waals surface area contributed by atoms with Gasteiger partial charge in [0.1, 0.15) is 0 Å². The van der Waals surface area contributed by atoms with Crippen molar-refractivity contribution in [3.63, 3.8) is 0 Å². The van der Waals surface area contributed by atoms with Crippen LogP contribution in [0.25, 0.3) is 0 Å². The maximum absolute atomic E-state index is 4.54. The van der Waals surface area contributed by atoms with Crippen LogP contribution in [-0.2, 0) is 6.42 Å². The molecule has 2 nitrogen and oxygen atoms in total. The summed E-state index contributed by atoms with van der Waals surface area (Å²) in [7, 11) is 2.01. The van der Waals surface area contributed by atoms with Gasteiger partial charge in [-0.3, -0.25) is 4.98 Å². The molecule has 1 N–H and O–H groups in total. The average molecular weight is 325 g/mol. The Bertz CT molecular complexity index is 536. The van der Waals surface area contributed by atoms with E-state index in [4.69, 9.17) is 0 Å². The first kappa shape index (κ1) is 13.7. The summed E-state index contributed by atoms with van der Waals surface area (Å²) in [5.74, 6) is 0. The minimum Gasteiger partial charge on any atom is -0.313 e. The molecule has 96 valence electrons. The number of hydrogen-bond acceptors (Lipinski definition) is 3. The normalized spacial score (nSPS) is 12.7. The van der Waals surface area contributed by atoms with E-state index in [-0.39, 0.29) is 0 Å². The van der Waals surface area contributed by atoms with Gasteiger partial charge in [0.05, 0.1) is 3.79 Å². The molecule has 18 heavy (non-hydrogen) atoms. The van der Waals surface area contributed by atoms with Crippen LogP contribution in [0.4, 0.5) is 0 Å². The Hall–Kier alpha value is -0.710. The number of hydrogen-bond donors (Lipinski definition) is 1. The van der Waals surface area contributed by atoms with Crippen LogP contribution in [-0.4, -0.2) is 12.0 Å². The molecule has 4 heteroatoms. The number of nitrogens with one attached hydrogen (secondary N) is 1. The minimum atomic E-state index is 0.323. The first-order chi connectivity index (χ1) is 8.60. The van der Waals surface area contributed by atoms with Crippen molar-refractivity contribution < 1.29 is 0 Å². The third kappa shape index (κ3) is 3.19. The van der Waals surface area contributed by atoms with Gasteiger partial charge in [0.15, 0.2) is 0 Å². The summed E-state index contributed by atoms with van der Waals surface area (Å²) in [5.41, 5.74) is 3.47. The molecule has 0 bridgehead atoms. The highest BCUT2D eigenvalue weighted by Gasteiger charge is 2.14. The van der Waals surface area contributed by atoms with E-state index in [1.165, 1.54) is 14.2 Å². The fraction of sp³-hybridized carbons (Fsp3) is 0.357. The molecular formula is C14H17BrN2S. The Morgan fingerprint density at radius 1 is 1.28 bits per heavy atom. The van der Waals surface area contributed by atoms with E-state index in [0.717, 1.165) is 17.8 Å². The molecule has 2 aromatic heterocycles. The van der Waals surface area contributed by atoms with E-state index < -0.39 is 0 Å². The van der Waals surface area contributed by atoms with Gasteiger partial charge in [-0.2, -0.15) is 0 Å². The highest BCUT2D eigenvalue weighted by atomic mass is 79.9. The molecule has 1 atom stereocenters. The number of nitrogens with zero attached hydrogens (tertiary/aromatic N) is 1. The van der Waals surface area contributed by atoms with Crippen LogP contribution < -0.4 is 5.32 Å². The Kier molecular flexibility index (Phi) is 4.54. The van der Waals surface area contributed by atoms with Gasteiger partial charge in [0, 0.05) is 28.7 Å². The lowest BCUT2D eigenvalue weighted by atomic mass is 10.0. The molecular weight excluding hydrogens is 308 g/mol. The molecule has 0 saturated carbocycles. The van der Waals surface area contributed by atoms with Crippen molar-refractivity contribution in [2.45, 2.75) is 26.3 Å². The first-order valence-electron chi connectivity index (χ1n) is 5.95. The molecule has 0 radical (unpaired) electrons. The fourth-order valence-corrected chi connectivity index (χ4v) is 3.62. The van der Waals surface area contributed by atoms with Gasteiger partial charge in [-0.1, -0.05) is 6.07 Å².